The Hall–Kier alpha value is -0.0900. The molecule has 1 saturated heterocycles. The molecule has 2 atom stereocenters. The van der Waals surface area contributed by atoms with Crippen LogP contribution in [0.25, 0.3) is 0 Å². The minimum Gasteiger partial charge on any atom is -0.357 e. The van der Waals surface area contributed by atoms with Gasteiger partial charge in [0, 0.05) is 26.2 Å². The normalized spacial score (nSPS) is 23.1. The van der Waals surface area contributed by atoms with Crippen molar-refractivity contribution in [2.24, 2.45) is 16.8 Å². The second-order valence-corrected chi connectivity index (χ2v) is 7.98. The van der Waals surface area contributed by atoms with Gasteiger partial charge in [-0.1, -0.05) is 13.8 Å². The Morgan fingerprint density at radius 1 is 1.23 bits per heavy atom. The van der Waals surface area contributed by atoms with Crippen LogP contribution in [0.15, 0.2) is 4.99 Å². The molecule has 0 bridgehead atoms. The van der Waals surface area contributed by atoms with E-state index in [0.29, 0.717) is 24.9 Å². The standard InChI is InChI=1S/C14H30N4O2S.HI/c1-5-15-14(16-7-8-17-21(19,20)6-2)18-10-12(3)9-13(4)11-18;/h12-13,17H,5-11H2,1-4H3,(H,15,16);1H. The van der Waals surface area contributed by atoms with Crippen molar-refractivity contribution in [3.8, 4) is 0 Å². The van der Waals surface area contributed by atoms with E-state index in [1.165, 1.54) is 6.42 Å². The lowest BCUT2D eigenvalue weighted by Crippen LogP contribution is -2.48. The zero-order valence-electron chi connectivity index (χ0n) is 14.1. The number of hydrogen-bond acceptors (Lipinski definition) is 3. The number of sulfonamides is 1. The maximum absolute atomic E-state index is 11.4. The summed E-state index contributed by atoms with van der Waals surface area (Å²) in [5.41, 5.74) is 0. The predicted molar refractivity (Wildman–Crippen MR) is 103 cm³/mol. The SMILES string of the molecule is CCNC(=NCCNS(=O)(=O)CC)N1CC(C)CC(C)C1.I. The fourth-order valence-corrected chi connectivity index (χ4v) is 3.33. The number of likely N-dealkylation sites (tertiary alicyclic amines) is 1. The van der Waals surface area contributed by atoms with E-state index < -0.39 is 10.0 Å². The second kappa shape index (κ2) is 10.6. The molecule has 0 saturated carbocycles. The minimum absolute atomic E-state index is 0. The van der Waals surface area contributed by atoms with Crippen LogP contribution < -0.4 is 10.0 Å². The van der Waals surface area contributed by atoms with E-state index in [0.717, 1.165) is 25.6 Å². The van der Waals surface area contributed by atoms with E-state index in [1.807, 2.05) is 6.92 Å². The fraction of sp³-hybridized carbons (Fsp3) is 0.929. The Morgan fingerprint density at radius 3 is 2.32 bits per heavy atom. The number of nitrogens with one attached hydrogen (secondary N) is 2. The van der Waals surface area contributed by atoms with Crippen LogP contribution in [0.5, 0.6) is 0 Å². The zero-order valence-corrected chi connectivity index (χ0v) is 17.3. The number of aliphatic imine (C=N–C) groups is 1. The first-order chi connectivity index (χ1) is 9.88. The largest absolute Gasteiger partial charge is 0.357 e. The van der Waals surface area contributed by atoms with Crippen molar-refractivity contribution in [3.63, 3.8) is 0 Å². The van der Waals surface area contributed by atoms with Gasteiger partial charge in [0.25, 0.3) is 0 Å². The molecule has 1 heterocycles. The lowest BCUT2D eigenvalue weighted by atomic mass is 9.92. The minimum atomic E-state index is -3.13. The van der Waals surface area contributed by atoms with Gasteiger partial charge in [-0.15, -0.1) is 24.0 Å². The molecule has 1 aliphatic rings. The van der Waals surface area contributed by atoms with Crippen molar-refractivity contribution in [2.45, 2.75) is 34.1 Å². The Balaban J connectivity index is 0.00000441. The van der Waals surface area contributed by atoms with E-state index in [9.17, 15) is 8.42 Å². The van der Waals surface area contributed by atoms with E-state index in [1.54, 1.807) is 6.92 Å². The lowest BCUT2D eigenvalue weighted by molar-refractivity contribution is 0.208. The summed E-state index contributed by atoms with van der Waals surface area (Å²) in [7, 11) is -3.13. The van der Waals surface area contributed by atoms with Crippen molar-refractivity contribution in [1.29, 1.82) is 0 Å². The topological polar surface area (TPSA) is 73.8 Å². The molecule has 0 radical (unpaired) electrons. The van der Waals surface area contributed by atoms with Crippen molar-refractivity contribution >= 4 is 40.0 Å². The summed E-state index contributed by atoms with van der Waals surface area (Å²) < 4.78 is 25.3. The van der Waals surface area contributed by atoms with Crippen molar-refractivity contribution in [1.82, 2.24) is 14.9 Å². The van der Waals surface area contributed by atoms with Crippen LogP contribution >= 0.6 is 24.0 Å². The van der Waals surface area contributed by atoms with Gasteiger partial charge in [-0.25, -0.2) is 13.1 Å². The highest BCUT2D eigenvalue weighted by molar-refractivity contribution is 14.0. The number of guanidine groups is 1. The van der Waals surface area contributed by atoms with E-state index in [-0.39, 0.29) is 29.7 Å². The number of nitrogens with zero attached hydrogens (tertiary/aromatic N) is 2. The summed E-state index contributed by atoms with van der Waals surface area (Å²) in [6.07, 6.45) is 1.26. The van der Waals surface area contributed by atoms with E-state index in [2.05, 4.69) is 33.8 Å². The smallest absolute Gasteiger partial charge is 0.211 e. The molecule has 2 unspecified atom stereocenters. The molecule has 1 rings (SSSR count). The Kier molecular flexibility index (Phi) is 10.6. The highest BCUT2D eigenvalue weighted by Crippen LogP contribution is 2.20. The summed E-state index contributed by atoms with van der Waals surface area (Å²) in [5.74, 6) is 2.33. The molecule has 0 aromatic carbocycles. The molecule has 8 heteroatoms. The third-order valence-electron chi connectivity index (χ3n) is 3.58. The van der Waals surface area contributed by atoms with Gasteiger partial charge in [0.1, 0.15) is 0 Å². The molecular weight excluding hydrogens is 415 g/mol. The number of halogens is 1. The lowest BCUT2D eigenvalue weighted by Gasteiger charge is -2.37. The molecular formula is C14H31IN4O2S. The molecule has 0 spiro atoms. The van der Waals surface area contributed by atoms with Gasteiger partial charge < -0.3 is 10.2 Å². The van der Waals surface area contributed by atoms with Gasteiger partial charge in [0.2, 0.25) is 10.0 Å². The first-order valence-electron chi connectivity index (χ1n) is 7.88. The molecule has 6 nitrogen and oxygen atoms in total. The fourth-order valence-electron chi connectivity index (χ4n) is 2.73. The molecule has 0 aromatic rings. The molecule has 0 aliphatic carbocycles. The second-order valence-electron chi connectivity index (χ2n) is 5.88. The third kappa shape index (κ3) is 7.96. The maximum atomic E-state index is 11.4. The van der Waals surface area contributed by atoms with Crippen molar-refractivity contribution in [3.05, 3.63) is 0 Å². The summed E-state index contributed by atoms with van der Waals surface area (Å²) in [4.78, 5) is 6.84. The monoisotopic (exact) mass is 446 g/mol. The van der Waals surface area contributed by atoms with E-state index in [4.69, 9.17) is 0 Å². The van der Waals surface area contributed by atoms with Crippen molar-refractivity contribution in [2.75, 3.05) is 38.5 Å². The summed E-state index contributed by atoms with van der Waals surface area (Å²) in [6, 6.07) is 0. The van der Waals surface area contributed by atoms with Crippen LogP contribution in [0.2, 0.25) is 0 Å². The summed E-state index contributed by atoms with van der Waals surface area (Å²) >= 11 is 0. The molecule has 2 N–H and O–H groups in total. The molecule has 0 amide bonds. The number of piperidine rings is 1. The van der Waals surface area contributed by atoms with Gasteiger partial charge in [-0.05, 0) is 32.1 Å². The van der Waals surface area contributed by atoms with Gasteiger partial charge in [0.15, 0.2) is 5.96 Å². The van der Waals surface area contributed by atoms with Crippen LogP contribution in [0.3, 0.4) is 0 Å². The molecule has 1 fully saturated rings. The highest BCUT2D eigenvalue weighted by Gasteiger charge is 2.23. The average Bonchev–Trinajstić information content (AvgIpc) is 2.41. The van der Waals surface area contributed by atoms with Gasteiger partial charge in [-0.2, -0.15) is 0 Å². The molecule has 0 aromatic heterocycles. The summed E-state index contributed by atoms with van der Waals surface area (Å²) in [5, 5.41) is 3.30. The maximum Gasteiger partial charge on any atom is 0.211 e. The van der Waals surface area contributed by atoms with Gasteiger partial charge in [-0.3, -0.25) is 4.99 Å². The van der Waals surface area contributed by atoms with Gasteiger partial charge >= 0.3 is 0 Å². The molecule has 1 aliphatic heterocycles. The van der Waals surface area contributed by atoms with Crippen LogP contribution in [0.1, 0.15) is 34.1 Å². The summed E-state index contributed by atoms with van der Waals surface area (Å²) in [6.45, 7) is 11.9. The van der Waals surface area contributed by atoms with E-state index >= 15 is 0 Å². The quantitative estimate of drug-likeness (QED) is 0.281. The molecule has 22 heavy (non-hydrogen) atoms. The van der Waals surface area contributed by atoms with Crippen LogP contribution in [-0.2, 0) is 10.0 Å². The highest BCUT2D eigenvalue weighted by atomic mass is 127. The predicted octanol–water partition coefficient (Wildman–Crippen LogP) is 1.49. The Bertz CT molecular complexity index is 432. The van der Waals surface area contributed by atoms with Crippen LogP contribution in [-0.4, -0.2) is 57.8 Å². The first kappa shape index (κ1) is 21.9. The number of hydrogen-bond donors (Lipinski definition) is 2. The van der Waals surface area contributed by atoms with Crippen LogP contribution in [0.4, 0.5) is 0 Å². The van der Waals surface area contributed by atoms with Crippen LogP contribution in [0, 0.1) is 11.8 Å². The molecule has 132 valence electrons. The first-order valence-corrected chi connectivity index (χ1v) is 9.53. The third-order valence-corrected chi connectivity index (χ3v) is 4.98. The zero-order chi connectivity index (χ0) is 15.9. The Morgan fingerprint density at radius 2 is 1.82 bits per heavy atom. The van der Waals surface area contributed by atoms with Gasteiger partial charge in [0.05, 0.1) is 12.3 Å². The number of rotatable bonds is 6. The average molecular weight is 446 g/mol. The van der Waals surface area contributed by atoms with Crippen molar-refractivity contribution < 1.29 is 8.42 Å². The Labute approximate surface area is 152 Å².